The SMILES string of the molecule is CCCCCCc1ccc(C(OC(c2ccc(CCCCCC)cc2)c2ccc([C@H]3CC[C@H](CC)CC3)cc2Cl)c2ccc([C@H]3CC[C@H](CC)CC3)cc2Cl)cc1. The molecule has 0 aromatic heterocycles. The average molecular weight is 808 g/mol. The molecule has 308 valence electrons. The van der Waals surface area contributed by atoms with Gasteiger partial charge in [-0.1, -0.05) is 175 Å². The molecule has 0 saturated heterocycles. The second-order valence-electron chi connectivity index (χ2n) is 17.8. The van der Waals surface area contributed by atoms with Crippen molar-refractivity contribution in [1.82, 2.24) is 0 Å². The standard InChI is InChI=1S/C54H72Cl2O/c1-5-9-11-13-15-41-21-29-45(30-22-41)53(49-35-33-47(37-51(49)55)43-25-17-39(7-3)18-26-43)57-54(46-31-23-42(24-32-46)16-14-12-10-6-2)50-36-34-48(38-52(50)56)44-27-19-40(8-4)20-28-44/h21-24,29-40,43-44,53-54H,5-20,25-28H2,1-4H3/t39-,40-,43-,44-,53?,54?. The van der Waals surface area contributed by atoms with Crippen LogP contribution >= 0.6 is 23.2 Å². The first-order valence-electron chi connectivity index (χ1n) is 23.3. The number of ether oxygens (including phenoxy) is 1. The number of hydrogen-bond acceptors (Lipinski definition) is 1. The summed E-state index contributed by atoms with van der Waals surface area (Å²) in [5, 5.41) is 1.59. The number of rotatable bonds is 20. The van der Waals surface area contributed by atoms with E-state index < -0.39 is 0 Å². The van der Waals surface area contributed by atoms with Gasteiger partial charge in [0.05, 0.1) is 0 Å². The van der Waals surface area contributed by atoms with Crippen molar-refractivity contribution in [2.75, 3.05) is 0 Å². The lowest BCUT2D eigenvalue weighted by Gasteiger charge is -2.31. The zero-order chi connectivity index (χ0) is 40.0. The number of benzene rings is 4. The third-order valence-corrected chi connectivity index (χ3v) is 14.5. The number of halogens is 2. The Balaban J connectivity index is 1.35. The van der Waals surface area contributed by atoms with Gasteiger partial charge in [0.2, 0.25) is 0 Å². The first-order valence-corrected chi connectivity index (χ1v) is 24.1. The van der Waals surface area contributed by atoms with Crippen molar-refractivity contribution in [3.63, 3.8) is 0 Å². The fourth-order valence-electron chi connectivity index (χ4n) is 9.86. The lowest BCUT2D eigenvalue weighted by atomic mass is 9.77. The maximum absolute atomic E-state index is 7.52. The number of aryl methyl sites for hydroxylation is 2. The van der Waals surface area contributed by atoms with Gasteiger partial charge in [-0.15, -0.1) is 0 Å². The first kappa shape index (κ1) is 44.0. The Morgan fingerprint density at radius 3 is 1.19 bits per heavy atom. The fraction of sp³-hybridized carbons (Fsp3) is 0.556. The zero-order valence-corrected chi connectivity index (χ0v) is 37.4. The summed E-state index contributed by atoms with van der Waals surface area (Å²) in [4.78, 5) is 0. The summed E-state index contributed by atoms with van der Waals surface area (Å²) >= 11 is 14.8. The lowest BCUT2D eigenvalue weighted by molar-refractivity contribution is 0.0309. The molecule has 0 spiro atoms. The first-order chi connectivity index (χ1) is 27.9. The maximum Gasteiger partial charge on any atom is 0.110 e. The van der Waals surface area contributed by atoms with Crippen molar-refractivity contribution in [1.29, 1.82) is 0 Å². The van der Waals surface area contributed by atoms with Crippen LogP contribution in [-0.4, -0.2) is 0 Å². The van der Waals surface area contributed by atoms with Crippen molar-refractivity contribution in [3.05, 3.63) is 139 Å². The van der Waals surface area contributed by atoms with Gasteiger partial charge in [0.1, 0.15) is 12.2 Å². The maximum atomic E-state index is 7.52. The van der Waals surface area contributed by atoms with Crippen molar-refractivity contribution in [2.45, 2.75) is 180 Å². The summed E-state index contributed by atoms with van der Waals surface area (Å²) in [5.74, 6) is 2.89. The van der Waals surface area contributed by atoms with Gasteiger partial charge >= 0.3 is 0 Å². The van der Waals surface area contributed by atoms with E-state index in [4.69, 9.17) is 27.9 Å². The average Bonchev–Trinajstić information content (AvgIpc) is 3.25. The quantitative estimate of drug-likeness (QED) is 0.0808. The van der Waals surface area contributed by atoms with E-state index in [1.165, 1.54) is 138 Å². The van der Waals surface area contributed by atoms with E-state index in [0.717, 1.165) is 57.0 Å². The Labute approximate surface area is 357 Å². The van der Waals surface area contributed by atoms with Crippen molar-refractivity contribution < 1.29 is 4.74 Å². The molecule has 2 saturated carbocycles. The molecule has 6 rings (SSSR count). The molecule has 0 radical (unpaired) electrons. The molecule has 57 heavy (non-hydrogen) atoms. The van der Waals surface area contributed by atoms with Crippen LogP contribution in [0.1, 0.15) is 212 Å². The second-order valence-corrected chi connectivity index (χ2v) is 18.6. The van der Waals surface area contributed by atoms with Gasteiger partial charge in [-0.05, 0) is 146 Å². The van der Waals surface area contributed by atoms with Gasteiger partial charge in [0.25, 0.3) is 0 Å². The molecule has 4 aromatic carbocycles. The molecule has 2 unspecified atom stereocenters. The van der Waals surface area contributed by atoms with Crippen LogP contribution in [0.25, 0.3) is 0 Å². The number of hydrogen-bond donors (Lipinski definition) is 0. The minimum atomic E-state index is -0.365. The van der Waals surface area contributed by atoms with Crippen LogP contribution < -0.4 is 0 Å². The van der Waals surface area contributed by atoms with Crippen molar-refractivity contribution in [3.8, 4) is 0 Å². The molecule has 2 aliphatic rings. The van der Waals surface area contributed by atoms with Crippen LogP contribution in [0, 0.1) is 11.8 Å². The van der Waals surface area contributed by atoms with E-state index in [0.29, 0.717) is 11.8 Å². The van der Waals surface area contributed by atoms with Crippen LogP contribution in [0.15, 0.2) is 84.9 Å². The molecule has 2 atom stereocenters. The van der Waals surface area contributed by atoms with E-state index in [-0.39, 0.29) is 12.2 Å². The molecule has 2 aliphatic carbocycles. The highest BCUT2D eigenvalue weighted by Crippen LogP contribution is 2.45. The van der Waals surface area contributed by atoms with Crippen LogP contribution in [0.5, 0.6) is 0 Å². The molecule has 2 fully saturated rings. The Morgan fingerprint density at radius 1 is 0.474 bits per heavy atom. The van der Waals surface area contributed by atoms with Crippen molar-refractivity contribution >= 4 is 23.2 Å². The lowest BCUT2D eigenvalue weighted by Crippen LogP contribution is -2.16. The summed E-state index contributed by atoms with van der Waals surface area (Å²) in [6.45, 7) is 9.23. The topological polar surface area (TPSA) is 9.23 Å². The summed E-state index contributed by atoms with van der Waals surface area (Å²) in [6, 6.07) is 32.1. The predicted octanol–water partition coefficient (Wildman–Crippen LogP) is 17.5. The van der Waals surface area contributed by atoms with Gasteiger partial charge in [-0.2, -0.15) is 0 Å². The highest BCUT2D eigenvalue weighted by atomic mass is 35.5. The summed E-state index contributed by atoms with van der Waals surface area (Å²) < 4.78 is 7.52. The molecule has 3 heteroatoms. The molecule has 0 N–H and O–H groups in total. The molecule has 0 heterocycles. The van der Waals surface area contributed by atoms with E-state index in [1.807, 2.05) is 0 Å². The van der Waals surface area contributed by atoms with Crippen LogP contribution in [0.3, 0.4) is 0 Å². The Kier molecular flexibility index (Phi) is 17.5. The summed E-state index contributed by atoms with van der Waals surface area (Å²) in [6.07, 6.45) is 24.5. The van der Waals surface area contributed by atoms with Gasteiger partial charge in [0, 0.05) is 21.2 Å². The molecule has 0 aliphatic heterocycles. The smallest absolute Gasteiger partial charge is 0.110 e. The third-order valence-electron chi connectivity index (χ3n) is 13.9. The van der Waals surface area contributed by atoms with Gasteiger partial charge in [-0.25, -0.2) is 0 Å². The van der Waals surface area contributed by atoms with Crippen molar-refractivity contribution in [2.24, 2.45) is 11.8 Å². The van der Waals surface area contributed by atoms with Crippen LogP contribution in [-0.2, 0) is 17.6 Å². The normalized spacial score (nSPS) is 21.0. The second kappa shape index (κ2) is 22.7. The molecular weight excluding hydrogens is 735 g/mol. The minimum Gasteiger partial charge on any atom is -0.356 e. The minimum absolute atomic E-state index is 0.365. The highest BCUT2D eigenvalue weighted by Gasteiger charge is 2.29. The van der Waals surface area contributed by atoms with Gasteiger partial charge in [-0.3, -0.25) is 0 Å². The van der Waals surface area contributed by atoms with E-state index >= 15 is 0 Å². The Bertz CT molecular complexity index is 1630. The number of unbranched alkanes of at least 4 members (excludes halogenated alkanes) is 6. The van der Waals surface area contributed by atoms with Crippen LogP contribution in [0.4, 0.5) is 0 Å². The fourth-order valence-corrected chi connectivity index (χ4v) is 10.4. The van der Waals surface area contributed by atoms with Gasteiger partial charge < -0.3 is 4.74 Å². The van der Waals surface area contributed by atoms with E-state index in [9.17, 15) is 0 Å². The molecule has 0 amide bonds. The Morgan fingerprint density at radius 2 is 0.860 bits per heavy atom. The Hall–Kier alpha value is -2.58. The molecule has 0 bridgehead atoms. The molecular formula is C54H72Cl2O. The summed E-state index contributed by atoms with van der Waals surface area (Å²) in [7, 11) is 0. The van der Waals surface area contributed by atoms with E-state index in [1.54, 1.807) is 0 Å². The van der Waals surface area contributed by atoms with Gasteiger partial charge in [0.15, 0.2) is 0 Å². The van der Waals surface area contributed by atoms with E-state index in [2.05, 4.69) is 113 Å². The highest BCUT2D eigenvalue weighted by molar-refractivity contribution is 6.31. The molecule has 4 aromatic rings. The third kappa shape index (κ3) is 12.2. The zero-order valence-electron chi connectivity index (χ0n) is 35.9. The van der Waals surface area contributed by atoms with Crippen LogP contribution in [0.2, 0.25) is 10.0 Å². The monoisotopic (exact) mass is 806 g/mol. The largest absolute Gasteiger partial charge is 0.356 e. The predicted molar refractivity (Wildman–Crippen MR) is 246 cm³/mol. The molecule has 1 nitrogen and oxygen atoms in total. The summed E-state index contributed by atoms with van der Waals surface area (Å²) in [5.41, 5.74) is 9.82.